The molecular weight excluding hydrogens is 212 g/mol. The van der Waals surface area contributed by atoms with Crippen molar-refractivity contribution in [1.82, 2.24) is 4.90 Å². The highest BCUT2D eigenvalue weighted by atomic mass is 19.3. The number of likely N-dealkylation sites (tertiary alicyclic amines) is 1. The number of rotatable bonds is 2. The number of benzene rings is 1. The van der Waals surface area contributed by atoms with Crippen LogP contribution in [0.1, 0.15) is 17.9 Å². The summed E-state index contributed by atoms with van der Waals surface area (Å²) in [6, 6.07) is 9.71. The molecule has 86 valence electrons. The molecule has 2 nitrogen and oxygen atoms in total. The fourth-order valence-corrected chi connectivity index (χ4v) is 2.10. The molecule has 0 saturated carbocycles. The SMILES string of the molecule is O=C(C(F)F)N1CCC(c2ccccc2)C1. The number of halogens is 2. The van der Waals surface area contributed by atoms with E-state index in [2.05, 4.69) is 0 Å². The van der Waals surface area contributed by atoms with Gasteiger partial charge in [-0.3, -0.25) is 4.79 Å². The van der Waals surface area contributed by atoms with Crippen molar-refractivity contribution in [2.24, 2.45) is 0 Å². The first-order valence-corrected chi connectivity index (χ1v) is 5.30. The summed E-state index contributed by atoms with van der Waals surface area (Å²) in [7, 11) is 0. The Hall–Kier alpha value is -1.45. The van der Waals surface area contributed by atoms with E-state index in [0.29, 0.717) is 13.1 Å². The summed E-state index contributed by atoms with van der Waals surface area (Å²) in [6.07, 6.45) is -2.11. The van der Waals surface area contributed by atoms with Gasteiger partial charge in [0.25, 0.3) is 5.91 Å². The van der Waals surface area contributed by atoms with E-state index in [1.54, 1.807) is 0 Å². The van der Waals surface area contributed by atoms with Gasteiger partial charge in [-0.1, -0.05) is 30.3 Å². The molecule has 1 aromatic rings. The van der Waals surface area contributed by atoms with Crippen LogP contribution >= 0.6 is 0 Å². The highest BCUT2D eigenvalue weighted by Crippen LogP contribution is 2.27. The predicted molar refractivity (Wildman–Crippen MR) is 56.4 cm³/mol. The maximum atomic E-state index is 12.2. The predicted octanol–water partition coefficient (Wildman–Crippen LogP) is 2.27. The van der Waals surface area contributed by atoms with E-state index in [0.717, 1.165) is 12.0 Å². The van der Waals surface area contributed by atoms with E-state index in [1.165, 1.54) is 4.90 Å². The zero-order valence-electron chi connectivity index (χ0n) is 8.77. The van der Waals surface area contributed by atoms with E-state index in [1.807, 2.05) is 30.3 Å². The number of alkyl halides is 2. The molecule has 1 heterocycles. The second-order valence-corrected chi connectivity index (χ2v) is 3.98. The lowest BCUT2D eigenvalue weighted by Crippen LogP contribution is -2.33. The first-order chi connectivity index (χ1) is 7.68. The van der Waals surface area contributed by atoms with E-state index >= 15 is 0 Å². The molecule has 1 atom stereocenters. The molecule has 1 saturated heterocycles. The molecule has 0 aromatic heterocycles. The number of nitrogens with zero attached hydrogens (tertiary/aromatic N) is 1. The van der Waals surface area contributed by atoms with Gasteiger partial charge in [0, 0.05) is 19.0 Å². The third kappa shape index (κ3) is 2.21. The lowest BCUT2D eigenvalue weighted by atomic mass is 9.99. The fraction of sp³-hybridized carbons (Fsp3) is 0.417. The smallest absolute Gasteiger partial charge is 0.315 e. The maximum absolute atomic E-state index is 12.2. The molecule has 1 amide bonds. The zero-order chi connectivity index (χ0) is 11.5. The van der Waals surface area contributed by atoms with Crippen LogP contribution in [0.2, 0.25) is 0 Å². The Morgan fingerprint density at radius 1 is 1.31 bits per heavy atom. The van der Waals surface area contributed by atoms with Gasteiger partial charge in [0.1, 0.15) is 0 Å². The second kappa shape index (κ2) is 4.60. The maximum Gasteiger partial charge on any atom is 0.315 e. The molecular formula is C12H13F2NO. The van der Waals surface area contributed by atoms with Gasteiger partial charge < -0.3 is 4.90 Å². The summed E-state index contributed by atoms with van der Waals surface area (Å²) in [4.78, 5) is 12.4. The van der Waals surface area contributed by atoms with E-state index in [-0.39, 0.29) is 5.92 Å². The third-order valence-electron chi connectivity index (χ3n) is 2.96. The third-order valence-corrected chi connectivity index (χ3v) is 2.96. The van der Waals surface area contributed by atoms with Gasteiger partial charge in [-0.2, -0.15) is 8.78 Å². The van der Waals surface area contributed by atoms with Crippen LogP contribution in [-0.4, -0.2) is 30.3 Å². The lowest BCUT2D eigenvalue weighted by Gasteiger charge is -2.15. The Morgan fingerprint density at radius 2 is 2.00 bits per heavy atom. The minimum Gasteiger partial charge on any atom is -0.337 e. The van der Waals surface area contributed by atoms with E-state index in [4.69, 9.17) is 0 Å². The van der Waals surface area contributed by atoms with Crippen molar-refractivity contribution in [2.45, 2.75) is 18.8 Å². The van der Waals surface area contributed by atoms with Crippen molar-refractivity contribution in [3.8, 4) is 0 Å². The quantitative estimate of drug-likeness (QED) is 0.756. The minimum atomic E-state index is -2.88. The summed E-state index contributed by atoms with van der Waals surface area (Å²) in [5, 5.41) is 0. The van der Waals surface area contributed by atoms with Gasteiger partial charge in [0.2, 0.25) is 0 Å². The van der Waals surface area contributed by atoms with Gasteiger partial charge in [-0.25, -0.2) is 0 Å². The summed E-state index contributed by atoms with van der Waals surface area (Å²) < 4.78 is 24.4. The number of carbonyl (C=O) groups excluding carboxylic acids is 1. The average molecular weight is 225 g/mol. The molecule has 2 rings (SSSR count). The van der Waals surface area contributed by atoms with Gasteiger partial charge in [0.05, 0.1) is 0 Å². The zero-order valence-corrected chi connectivity index (χ0v) is 8.77. The van der Waals surface area contributed by atoms with Crippen LogP contribution < -0.4 is 0 Å². The molecule has 0 N–H and O–H groups in total. The largest absolute Gasteiger partial charge is 0.337 e. The molecule has 0 bridgehead atoms. The highest BCUT2D eigenvalue weighted by Gasteiger charge is 2.31. The minimum absolute atomic E-state index is 0.198. The lowest BCUT2D eigenvalue weighted by molar-refractivity contribution is -0.141. The Balaban J connectivity index is 2.01. The number of carbonyl (C=O) groups is 1. The van der Waals surface area contributed by atoms with Crippen LogP contribution in [0.4, 0.5) is 8.78 Å². The number of hydrogen-bond donors (Lipinski definition) is 0. The van der Waals surface area contributed by atoms with Gasteiger partial charge in [0.15, 0.2) is 0 Å². The molecule has 1 unspecified atom stereocenters. The van der Waals surface area contributed by atoms with E-state index < -0.39 is 12.3 Å². The monoisotopic (exact) mass is 225 g/mol. The topological polar surface area (TPSA) is 20.3 Å². The van der Waals surface area contributed by atoms with Crippen LogP contribution in [0, 0.1) is 0 Å². The molecule has 1 fully saturated rings. The average Bonchev–Trinajstić information content (AvgIpc) is 2.78. The first-order valence-electron chi connectivity index (χ1n) is 5.30. The molecule has 1 aromatic carbocycles. The van der Waals surface area contributed by atoms with Crippen LogP contribution in [0.3, 0.4) is 0 Å². The first kappa shape index (κ1) is 11.0. The molecule has 0 radical (unpaired) electrons. The Bertz CT molecular complexity index is 367. The van der Waals surface area contributed by atoms with Crippen molar-refractivity contribution >= 4 is 5.91 Å². The van der Waals surface area contributed by atoms with Gasteiger partial charge in [-0.15, -0.1) is 0 Å². The molecule has 0 spiro atoms. The van der Waals surface area contributed by atoms with Crippen molar-refractivity contribution in [3.05, 3.63) is 35.9 Å². The van der Waals surface area contributed by atoms with Crippen molar-refractivity contribution in [2.75, 3.05) is 13.1 Å². The highest BCUT2D eigenvalue weighted by molar-refractivity contribution is 5.79. The van der Waals surface area contributed by atoms with Crippen molar-refractivity contribution < 1.29 is 13.6 Å². The summed E-state index contributed by atoms with van der Waals surface area (Å²) in [5.41, 5.74) is 1.12. The van der Waals surface area contributed by atoms with Crippen LogP contribution in [0.15, 0.2) is 30.3 Å². The Morgan fingerprint density at radius 3 is 2.62 bits per heavy atom. The summed E-state index contributed by atoms with van der Waals surface area (Å²) in [6.45, 7) is 0.843. The molecule has 1 aliphatic rings. The molecule has 1 aliphatic heterocycles. The van der Waals surface area contributed by atoms with Crippen LogP contribution in [0.25, 0.3) is 0 Å². The number of amides is 1. The summed E-state index contributed by atoms with van der Waals surface area (Å²) in [5.74, 6) is -0.845. The standard InChI is InChI=1S/C12H13F2NO/c13-11(14)12(16)15-7-6-10(8-15)9-4-2-1-3-5-9/h1-5,10-11H,6-8H2. The molecule has 16 heavy (non-hydrogen) atoms. The normalized spacial score (nSPS) is 20.4. The Labute approximate surface area is 92.9 Å². The Kier molecular flexibility index (Phi) is 3.17. The summed E-state index contributed by atoms with van der Waals surface area (Å²) >= 11 is 0. The van der Waals surface area contributed by atoms with E-state index in [9.17, 15) is 13.6 Å². The molecule has 4 heteroatoms. The number of hydrogen-bond acceptors (Lipinski definition) is 1. The van der Waals surface area contributed by atoms with Crippen molar-refractivity contribution in [3.63, 3.8) is 0 Å². The fourth-order valence-electron chi connectivity index (χ4n) is 2.10. The van der Waals surface area contributed by atoms with Gasteiger partial charge >= 0.3 is 6.43 Å². The van der Waals surface area contributed by atoms with Crippen LogP contribution in [-0.2, 0) is 4.79 Å². The second-order valence-electron chi connectivity index (χ2n) is 3.98. The van der Waals surface area contributed by atoms with Crippen molar-refractivity contribution in [1.29, 1.82) is 0 Å². The van der Waals surface area contributed by atoms with Crippen LogP contribution in [0.5, 0.6) is 0 Å². The molecule has 0 aliphatic carbocycles. The van der Waals surface area contributed by atoms with Gasteiger partial charge in [-0.05, 0) is 12.0 Å².